The van der Waals surface area contributed by atoms with E-state index in [-0.39, 0.29) is 0 Å². The van der Waals surface area contributed by atoms with E-state index < -0.39 is 0 Å². The molecule has 1 aromatic rings. The van der Waals surface area contributed by atoms with E-state index in [1.807, 2.05) is 24.0 Å². The molecule has 2 heterocycles. The molecule has 1 aromatic heterocycles. The number of hydrogen-bond acceptors (Lipinski definition) is 3. The van der Waals surface area contributed by atoms with Gasteiger partial charge in [-0.15, -0.1) is 0 Å². The van der Waals surface area contributed by atoms with Crippen molar-refractivity contribution in [2.24, 2.45) is 18.4 Å². The number of hydrogen-bond donors (Lipinski definition) is 2. The Morgan fingerprint density at radius 1 is 1.59 bits per heavy atom. The number of anilines is 1. The first-order chi connectivity index (χ1) is 8.08. The Morgan fingerprint density at radius 3 is 3.00 bits per heavy atom. The van der Waals surface area contributed by atoms with Crippen molar-refractivity contribution in [1.82, 2.24) is 15.1 Å². The highest BCUT2D eigenvalue weighted by Gasteiger charge is 2.30. The van der Waals surface area contributed by atoms with Crippen LogP contribution < -0.4 is 10.6 Å². The van der Waals surface area contributed by atoms with Crippen molar-refractivity contribution < 1.29 is 0 Å². The molecule has 1 fully saturated rings. The second kappa shape index (κ2) is 5.08. The van der Waals surface area contributed by atoms with Crippen molar-refractivity contribution in [2.75, 3.05) is 25.0 Å². The zero-order chi connectivity index (χ0) is 12.3. The number of aromatic nitrogens is 2. The minimum atomic E-state index is 0.310. The molecule has 1 unspecified atom stereocenters. The van der Waals surface area contributed by atoms with Crippen molar-refractivity contribution in [2.45, 2.75) is 26.7 Å². The Bertz CT molecular complexity index is 350. The average molecular weight is 236 g/mol. The van der Waals surface area contributed by atoms with Gasteiger partial charge in [0.2, 0.25) is 0 Å². The molecule has 0 amide bonds. The van der Waals surface area contributed by atoms with Gasteiger partial charge in [-0.05, 0) is 37.3 Å². The van der Waals surface area contributed by atoms with Crippen molar-refractivity contribution in [3.8, 4) is 0 Å². The highest BCUT2D eigenvalue weighted by Crippen LogP contribution is 2.31. The van der Waals surface area contributed by atoms with Crippen LogP contribution in [0.25, 0.3) is 0 Å². The van der Waals surface area contributed by atoms with E-state index in [9.17, 15) is 0 Å². The maximum Gasteiger partial charge on any atom is 0.147 e. The third kappa shape index (κ3) is 3.22. The van der Waals surface area contributed by atoms with Gasteiger partial charge in [0.05, 0.1) is 0 Å². The summed E-state index contributed by atoms with van der Waals surface area (Å²) in [6.07, 6.45) is 4.61. The first kappa shape index (κ1) is 12.4. The van der Waals surface area contributed by atoms with Gasteiger partial charge in [0, 0.05) is 25.9 Å². The van der Waals surface area contributed by atoms with Gasteiger partial charge in [0.15, 0.2) is 0 Å². The van der Waals surface area contributed by atoms with Gasteiger partial charge in [-0.25, -0.2) is 0 Å². The molecule has 0 saturated carbocycles. The van der Waals surface area contributed by atoms with Gasteiger partial charge in [-0.2, -0.15) is 5.10 Å². The second-order valence-electron chi connectivity index (χ2n) is 5.76. The smallest absolute Gasteiger partial charge is 0.147 e. The molecule has 0 aliphatic carbocycles. The van der Waals surface area contributed by atoms with Gasteiger partial charge < -0.3 is 10.6 Å². The summed E-state index contributed by atoms with van der Waals surface area (Å²) in [4.78, 5) is 0. The van der Waals surface area contributed by atoms with Crippen molar-refractivity contribution in [1.29, 1.82) is 0 Å². The van der Waals surface area contributed by atoms with E-state index in [4.69, 9.17) is 0 Å². The Hall–Kier alpha value is -1.03. The largest absolute Gasteiger partial charge is 0.368 e. The summed E-state index contributed by atoms with van der Waals surface area (Å²) in [5.74, 6) is 1.73. The second-order valence-corrected chi connectivity index (χ2v) is 5.76. The van der Waals surface area contributed by atoms with Gasteiger partial charge in [-0.1, -0.05) is 13.8 Å². The van der Waals surface area contributed by atoms with E-state index in [1.165, 1.54) is 19.4 Å². The quantitative estimate of drug-likeness (QED) is 0.838. The lowest BCUT2D eigenvalue weighted by atomic mass is 9.75. The fourth-order valence-corrected chi connectivity index (χ4v) is 2.49. The molecule has 2 rings (SSSR count). The third-order valence-corrected chi connectivity index (χ3v) is 3.84. The highest BCUT2D eigenvalue weighted by atomic mass is 15.3. The van der Waals surface area contributed by atoms with Crippen LogP contribution in [-0.2, 0) is 7.05 Å². The van der Waals surface area contributed by atoms with Gasteiger partial charge in [0.1, 0.15) is 5.82 Å². The van der Waals surface area contributed by atoms with Crippen LogP contribution in [0.1, 0.15) is 26.7 Å². The topological polar surface area (TPSA) is 41.9 Å². The molecule has 4 heteroatoms. The molecule has 2 N–H and O–H groups in total. The lowest BCUT2D eigenvalue weighted by molar-refractivity contribution is 0.185. The molecule has 0 spiro atoms. The van der Waals surface area contributed by atoms with Crippen molar-refractivity contribution in [3.63, 3.8) is 0 Å². The first-order valence-electron chi connectivity index (χ1n) is 6.52. The molecule has 1 atom stereocenters. The fraction of sp³-hybridized carbons (Fsp3) is 0.769. The maximum atomic E-state index is 4.35. The molecule has 0 bridgehead atoms. The summed E-state index contributed by atoms with van der Waals surface area (Å²) in [7, 11) is 1.95. The van der Waals surface area contributed by atoms with Crippen LogP contribution in [0.15, 0.2) is 12.3 Å². The summed E-state index contributed by atoms with van der Waals surface area (Å²) >= 11 is 0. The molecule has 0 radical (unpaired) electrons. The van der Waals surface area contributed by atoms with Crippen LogP contribution >= 0.6 is 0 Å². The van der Waals surface area contributed by atoms with E-state index in [0.29, 0.717) is 5.41 Å². The molecular weight excluding hydrogens is 212 g/mol. The minimum Gasteiger partial charge on any atom is -0.368 e. The fourth-order valence-electron chi connectivity index (χ4n) is 2.49. The van der Waals surface area contributed by atoms with Crippen molar-refractivity contribution >= 4 is 5.82 Å². The van der Waals surface area contributed by atoms with E-state index in [2.05, 4.69) is 29.6 Å². The number of aryl methyl sites for hydroxylation is 1. The molecule has 0 aromatic carbocycles. The van der Waals surface area contributed by atoms with Crippen LogP contribution in [0.4, 0.5) is 5.82 Å². The highest BCUT2D eigenvalue weighted by molar-refractivity contribution is 5.32. The van der Waals surface area contributed by atoms with Gasteiger partial charge in [0.25, 0.3) is 0 Å². The first-order valence-corrected chi connectivity index (χ1v) is 6.52. The molecule has 17 heavy (non-hydrogen) atoms. The maximum absolute atomic E-state index is 4.35. The number of rotatable bonds is 4. The molecule has 1 saturated heterocycles. The summed E-state index contributed by atoms with van der Waals surface area (Å²) in [5, 5.41) is 11.3. The summed E-state index contributed by atoms with van der Waals surface area (Å²) in [6, 6.07) is 2.02. The normalized spacial score (nSPS) is 21.5. The molecule has 4 nitrogen and oxygen atoms in total. The third-order valence-electron chi connectivity index (χ3n) is 3.84. The summed E-state index contributed by atoms with van der Waals surface area (Å²) in [5.41, 5.74) is 0.310. The lowest BCUT2D eigenvalue weighted by Crippen LogP contribution is -2.41. The lowest BCUT2D eigenvalue weighted by Gasteiger charge is -2.37. The van der Waals surface area contributed by atoms with Crippen LogP contribution in [-0.4, -0.2) is 29.4 Å². The zero-order valence-electron chi connectivity index (χ0n) is 11.2. The van der Waals surface area contributed by atoms with Crippen LogP contribution in [0.2, 0.25) is 0 Å². The number of nitrogens with one attached hydrogen (secondary N) is 2. The predicted molar refractivity (Wildman–Crippen MR) is 71.1 cm³/mol. The molecule has 96 valence electrons. The zero-order valence-corrected chi connectivity index (χ0v) is 11.2. The SMILES string of the molecule is Cn1ccc(NCC(C)(C)C2CCCNC2)n1. The van der Waals surface area contributed by atoms with E-state index in [1.54, 1.807) is 0 Å². The van der Waals surface area contributed by atoms with Crippen LogP contribution in [0.3, 0.4) is 0 Å². The summed E-state index contributed by atoms with van der Waals surface area (Å²) < 4.78 is 1.83. The Balaban J connectivity index is 1.87. The average Bonchev–Trinajstić information content (AvgIpc) is 2.74. The Kier molecular flexibility index (Phi) is 3.72. The number of piperidine rings is 1. The Labute approximate surface area is 104 Å². The van der Waals surface area contributed by atoms with Gasteiger partial charge in [-0.3, -0.25) is 4.68 Å². The predicted octanol–water partition coefficient (Wildman–Crippen LogP) is 1.86. The minimum absolute atomic E-state index is 0.310. The molecular formula is C13H24N4. The van der Waals surface area contributed by atoms with Crippen molar-refractivity contribution in [3.05, 3.63) is 12.3 Å². The monoisotopic (exact) mass is 236 g/mol. The van der Waals surface area contributed by atoms with Crippen LogP contribution in [0, 0.1) is 11.3 Å². The molecule has 1 aliphatic rings. The standard InChI is InChI=1S/C13H24N4/c1-13(2,11-5-4-7-14-9-11)10-15-12-6-8-17(3)16-12/h6,8,11,14H,4-5,7,9-10H2,1-3H3,(H,15,16). The van der Waals surface area contributed by atoms with E-state index >= 15 is 0 Å². The summed E-state index contributed by atoms with van der Waals surface area (Å²) in [6.45, 7) is 8.01. The van der Waals surface area contributed by atoms with E-state index in [0.717, 1.165) is 24.8 Å². The molecule has 1 aliphatic heterocycles. The number of nitrogens with zero attached hydrogens (tertiary/aromatic N) is 2. The Morgan fingerprint density at radius 2 is 2.41 bits per heavy atom. The van der Waals surface area contributed by atoms with Crippen LogP contribution in [0.5, 0.6) is 0 Å². The van der Waals surface area contributed by atoms with Gasteiger partial charge >= 0.3 is 0 Å².